The van der Waals surface area contributed by atoms with E-state index in [9.17, 15) is 9.11 Å². The van der Waals surface area contributed by atoms with Crippen molar-refractivity contribution in [1.29, 1.82) is 0 Å². The molecule has 35 heavy (non-hydrogen) atoms. The first-order valence-electron chi connectivity index (χ1n) is 11.0. The maximum absolute atomic E-state index is 9.99. The molecule has 2 aromatic carbocycles. The lowest BCUT2D eigenvalue weighted by Crippen LogP contribution is -2.49. The number of aliphatic imine (C=N–C) groups is 1. The summed E-state index contributed by atoms with van der Waals surface area (Å²) in [4.78, 5) is 4.85. The first-order valence-corrected chi connectivity index (χ1v) is 14.4. The van der Waals surface area contributed by atoms with Gasteiger partial charge in [-0.25, -0.2) is 9.69 Å². The number of hydrogen-bond acceptors (Lipinski definition) is 5. The van der Waals surface area contributed by atoms with Crippen LogP contribution in [0.5, 0.6) is 0 Å². The number of hydrogen-bond donors (Lipinski definition) is 3. The molecule has 1 aromatic heterocycles. The van der Waals surface area contributed by atoms with E-state index in [4.69, 9.17) is 56.5 Å². The lowest BCUT2D eigenvalue weighted by atomic mass is 10.1. The van der Waals surface area contributed by atoms with Gasteiger partial charge in [-0.1, -0.05) is 58.5 Å². The average molecular weight is 575 g/mol. The zero-order valence-corrected chi connectivity index (χ0v) is 22.3. The maximum Gasteiger partial charge on any atom is 0.165 e. The van der Waals surface area contributed by atoms with Crippen molar-refractivity contribution >= 4 is 62.8 Å². The molecule has 0 atom stereocenters. The minimum atomic E-state index is -2.53. The van der Waals surface area contributed by atoms with Crippen molar-refractivity contribution in [3.05, 3.63) is 68.2 Å². The molecule has 1 saturated carbocycles. The van der Waals surface area contributed by atoms with Crippen LogP contribution >= 0.6 is 57.0 Å². The second-order valence-electron chi connectivity index (χ2n) is 8.54. The van der Waals surface area contributed by atoms with Crippen molar-refractivity contribution in [3.63, 3.8) is 0 Å². The maximum atomic E-state index is 9.99. The molecule has 7 nitrogen and oxygen atoms in total. The Morgan fingerprint density at radius 2 is 1.63 bits per heavy atom. The molecule has 186 valence electrons. The Kier molecular flexibility index (Phi) is 7.27. The third-order valence-electron chi connectivity index (χ3n) is 5.81. The smallest absolute Gasteiger partial charge is 0.165 e. The number of halogens is 4. The number of nitrogens with zero attached hydrogens (tertiary/aromatic N) is 4. The fourth-order valence-corrected chi connectivity index (χ4v) is 5.91. The van der Waals surface area contributed by atoms with Crippen LogP contribution in [-0.4, -0.2) is 60.4 Å². The van der Waals surface area contributed by atoms with Gasteiger partial charge < -0.3 is 5.43 Å². The van der Waals surface area contributed by atoms with E-state index in [0.717, 1.165) is 18.4 Å². The molecule has 1 aliphatic heterocycles. The van der Waals surface area contributed by atoms with Crippen molar-refractivity contribution in [1.82, 2.24) is 20.2 Å². The summed E-state index contributed by atoms with van der Waals surface area (Å²) in [5.41, 5.74) is 5.88. The molecular formula is C23H23Cl4N5O2S. The first kappa shape index (κ1) is 25.2. The lowest BCUT2D eigenvalue weighted by Gasteiger charge is -2.41. The summed E-state index contributed by atoms with van der Waals surface area (Å²) in [5.74, 6) is 1.14. The number of nitrogens with one attached hydrogen (secondary N) is 1. The molecule has 5 rings (SSSR count). The van der Waals surface area contributed by atoms with Gasteiger partial charge in [-0.05, 0) is 43.2 Å². The topological polar surface area (TPSA) is 85.9 Å². The Hall–Kier alpha value is -1.49. The van der Waals surface area contributed by atoms with Gasteiger partial charge in [-0.15, -0.1) is 0 Å². The Morgan fingerprint density at radius 3 is 2.26 bits per heavy atom. The van der Waals surface area contributed by atoms with Gasteiger partial charge in [-0.3, -0.25) is 14.1 Å². The molecule has 2 fully saturated rings. The van der Waals surface area contributed by atoms with Crippen LogP contribution in [0.4, 0.5) is 0 Å². The van der Waals surface area contributed by atoms with Crippen molar-refractivity contribution in [2.75, 3.05) is 24.6 Å². The summed E-state index contributed by atoms with van der Waals surface area (Å²) >= 11 is 25.8. The van der Waals surface area contributed by atoms with Crippen LogP contribution in [0.3, 0.4) is 0 Å². The molecule has 0 bridgehead atoms. The van der Waals surface area contributed by atoms with Crippen LogP contribution in [0, 0.1) is 0 Å². The third kappa shape index (κ3) is 5.76. The van der Waals surface area contributed by atoms with Crippen LogP contribution in [0.2, 0.25) is 20.1 Å². The summed E-state index contributed by atoms with van der Waals surface area (Å²) in [6.07, 6.45) is 1.99. The minimum absolute atomic E-state index is 0.196. The number of aromatic nitrogens is 2. The second kappa shape index (κ2) is 10.1. The molecule has 2 aliphatic rings. The van der Waals surface area contributed by atoms with Gasteiger partial charge >= 0.3 is 0 Å². The van der Waals surface area contributed by atoms with Crippen molar-refractivity contribution in [3.8, 4) is 16.9 Å². The van der Waals surface area contributed by atoms with Gasteiger partial charge in [0.2, 0.25) is 0 Å². The first-order chi connectivity index (χ1) is 16.7. The molecule has 3 N–H and O–H groups in total. The highest BCUT2D eigenvalue weighted by Gasteiger charge is 2.30. The van der Waals surface area contributed by atoms with E-state index in [1.54, 1.807) is 35.0 Å². The van der Waals surface area contributed by atoms with Crippen LogP contribution < -0.4 is 5.43 Å². The predicted octanol–water partition coefficient (Wildman–Crippen LogP) is 6.63. The molecule has 1 aliphatic carbocycles. The Labute approximate surface area is 225 Å². The molecular weight excluding hydrogens is 552 g/mol. The zero-order chi connectivity index (χ0) is 24.7. The summed E-state index contributed by atoms with van der Waals surface area (Å²) in [6, 6.07) is 12.7. The Bertz CT molecular complexity index is 1270. The van der Waals surface area contributed by atoms with Gasteiger partial charge in [0.25, 0.3) is 0 Å². The van der Waals surface area contributed by atoms with E-state index in [0.29, 0.717) is 67.6 Å². The van der Waals surface area contributed by atoms with E-state index >= 15 is 0 Å². The molecule has 0 spiro atoms. The monoisotopic (exact) mass is 573 g/mol. The van der Waals surface area contributed by atoms with E-state index in [1.165, 1.54) is 0 Å². The number of hydrazine groups is 1. The highest BCUT2D eigenvalue weighted by atomic mass is 35.5. The predicted molar refractivity (Wildman–Crippen MR) is 146 cm³/mol. The van der Waals surface area contributed by atoms with Crippen LogP contribution in [0.1, 0.15) is 18.5 Å². The lowest BCUT2D eigenvalue weighted by molar-refractivity contribution is 0.247. The van der Waals surface area contributed by atoms with Gasteiger partial charge in [0.05, 0.1) is 39.0 Å². The summed E-state index contributed by atoms with van der Waals surface area (Å²) in [6.45, 7) is 0.939. The molecule has 12 heteroatoms. The summed E-state index contributed by atoms with van der Waals surface area (Å²) < 4.78 is 21.7. The van der Waals surface area contributed by atoms with Gasteiger partial charge in [0, 0.05) is 28.7 Å². The van der Waals surface area contributed by atoms with Gasteiger partial charge in [0.15, 0.2) is 5.84 Å². The summed E-state index contributed by atoms with van der Waals surface area (Å²) in [7, 11) is -2.53. The molecule has 0 unspecified atom stereocenters. The quantitative estimate of drug-likeness (QED) is 0.235. The Morgan fingerprint density at radius 1 is 0.971 bits per heavy atom. The fraction of sp³-hybridized carbons (Fsp3) is 0.304. The third-order valence-corrected chi connectivity index (χ3v) is 8.63. The van der Waals surface area contributed by atoms with Crippen molar-refractivity contribution in [2.45, 2.75) is 18.9 Å². The van der Waals surface area contributed by atoms with E-state index in [-0.39, 0.29) is 6.04 Å². The van der Waals surface area contributed by atoms with Gasteiger partial charge in [0.1, 0.15) is 5.69 Å². The average Bonchev–Trinajstić information content (AvgIpc) is 3.56. The number of benzene rings is 2. The molecule has 2 heterocycles. The standard InChI is InChI=1S/C23H23Cl4N5O2S/c24-15-3-1-14(2-4-15)22-20(27)21(29-32(22)19-8-5-16(25)13-18(19)26)23(28-17-6-7-17)30-31-9-11-35(33,34)12-10-31/h1-5,8,13,17,33-34H,6-7,9-12H2,(H,28,30). The largest absolute Gasteiger partial charge is 0.301 e. The SMILES string of the molecule is OS1(O)CCN(NC(=NC2CC2)c2nn(-c3ccc(Cl)cc3Cl)c(-c3ccc(Cl)cc3)c2Cl)CC1. The molecule has 0 amide bonds. The van der Waals surface area contributed by atoms with Crippen LogP contribution in [0.15, 0.2) is 47.5 Å². The normalized spacial score (nSPS) is 19.5. The summed E-state index contributed by atoms with van der Waals surface area (Å²) in [5, 5.41) is 8.73. The van der Waals surface area contributed by atoms with Crippen LogP contribution in [0.25, 0.3) is 16.9 Å². The Balaban J connectivity index is 1.60. The highest BCUT2D eigenvalue weighted by molar-refractivity contribution is 8.24. The second-order valence-corrected chi connectivity index (χ2v) is 12.6. The van der Waals surface area contributed by atoms with Crippen molar-refractivity contribution < 1.29 is 9.11 Å². The van der Waals surface area contributed by atoms with E-state index < -0.39 is 10.6 Å². The van der Waals surface area contributed by atoms with Crippen molar-refractivity contribution in [2.24, 2.45) is 4.99 Å². The molecule has 0 radical (unpaired) electrons. The van der Waals surface area contributed by atoms with Gasteiger partial charge in [-0.2, -0.15) is 15.7 Å². The zero-order valence-electron chi connectivity index (χ0n) is 18.5. The number of rotatable bonds is 5. The fourth-order valence-electron chi connectivity index (χ4n) is 3.75. The minimum Gasteiger partial charge on any atom is -0.301 e. The van der Waals surface area contributed by atoms with E-state index in [2.05, 4.69) is 5.43 Å². The van der Waals surface area contributed by atoms with E-state index in [1.807, 2.05) is 17.1 Å². The van der Waals surface area contributed by atoms with Crippen LogP contribution in [-0.2, 0) is 0 Å². The molecule has 1 saturated heterocycles. The molecule has 3 aromatic rings. The highest BCUT2D eigenvalue weighted by Crippen LogP contribution is 2.40. The number of amidine groups is 1.